The summed E-state index contributed by atoms with van der Waals surface area (Å²) in [5.74, 6) is 5.69. The molecule has 298 valence electrons. The lowest BCUT2D eigenvalue weighted by atomic mass is 9.93. The van der Waals surface area contributed by atoms with Gasteiger partial charge in [0.15, 0.2) is 34.9 Å². The number of nitrogens with zero attached hydrogens (tertiary/aromatic N) is 9. The number of hydrogen-bond acceptors (Lipinski definition) is 9. The Labute approximate surface area is 352 Å². The molecule has 0 aliphatic rings. The molecule has 0 radical (unpaired) electrons. The van der Waals surface area contributed by atoms with E-state index in [2.05, 4.69) is 92.6 Å². The molecule has 3 heterocycles. The van der Waals surface area contributed by atoms with Crippen LogP contribution < -0.4 is 0 Å². The molecule has 3 aromatic heterocycles. The summed E-state index contributed by atoms with van der Waals surface area (Å²) in [6.45, 7) is 19.1. The number of benzene rings is 5. The summed E-state index contributed by atoms with van der Waals surface area (Å²) in [7, 11) is 0. The third kappa shape index (κ3) is 8.61. The third-order valence-corrected chi connectivity index (χ3v) is 9.97. The van der Waals surface area contributed by atoms with Gasteiger partial charge in [-0.25, -0.2) is 44.9 Å². The van der Waals surface area contributed by atoms with Crippen molar-refractivity contribution in [2.45, 2.75) is 78.6 Å². The van der Waals surface area contributed by atoms with Crippen LogP contribution in [0, 0.1) is 0 Å². The molecule has 9 nitrogen and oxygen atoms in total. The van der Waals surface area contributed by atoms with Gasteiger partial charge in [0.2, 0.25) is 0 Å². The minimum Gasteiger partial charge on any atom is -0.217 e. The number of aromatic nitrogens is 9. The Hall–Kier alpha value is -6.87. The van der Waals surface area contributed by atoms with Gasteiger partial charge in [0.1, 0.15) is 17.5 Å². The van der Waals surface area contributed by atoms with Crippen LogP contribution in [-0.4, -0.2) is 44.9 Å². The van der Waals surface area contributed by atoms with E-state index in [0.29, 0.717) is 40.8 Å². The van der Waals surface area contributed by atoms with E-state index < -0.39 is 0 Å². The van der Waals surface area contributed by atoms with Gasteiger partial charge in [0.05, 0.1) is 0 Å². The molecule has 8 rings (SSSR count). The van der Waals surface area contributed by atoms with Gasteiger partial charge >= 0.3 is 0 Å². The second kappa shape index (κ2) is 15.7. The molecule has 60 heavy (non-hydrogen) atoms. The zero-order valence-corrected chi connectivity index (χ0v) is 35.7. The lowest BCUT2D eigenvalue weighted by molar-refractivity contribution is 0.497. The first-order valence-electron chi connectivity index (χ1n) is 20.3. The van der Waals surface area contributed by atoms with E-state index in [-0.39, 0.29) is 16.2 Å². The maximum atomic E-state index is 5.17. The minimum atomic E-state index is -0.312. The predicted molar refractivity (Wildman–Crippen MR) is 241 cm³/mol. The van der Waals surface area contributed by atoms with Crippen LogP contribution in [0.5, 0.6) is 0 Å². The van der Waals surface area contributed by atoms with Gasteiger partial charge in [-0.1, -0.05) is 178 Å². The molecule has 9 heteroatoms. The van der Waals surface area contributed by atoms with Gasteiger partial charge in [0.25, 0.3) is 0 Å². The topological polar surface area (TPSA) is 116 Å². The standard InChI is InChI=1S/C51H49N9/c1-49(2,3)46-56-41(34-24-17-12-18-25-34)55-45(59-46)38-29-28-37(31-39(38)32-20-13-10-14-21-32)43-53-40(33-22-15-11-16-23-33)52-42(54-43)35-26-19-27-36(30-35)44-57-47(50(4,5)6)60-48(58-44)51(7,8)9/h10-31H,1-9H3. The average molecular weight is 788 g/mol. The summed E-state index contributed by atoms with van der Waals surface area (Å²) in [6.07, 6.45) is 0. The number of rotatable bonds is 7. The highest BCUT2D eigenvalue weighted by molar-refractivity contribution is 5.85. The monoisotopic (exact) mass is 787 g/mol. The smallest absolute Gasteiger partial charge is 0.164 e. The highest BCUT2D eigenvalue weighted by atomic mass is 15.1. The zero-order chi connectivity index (χ0) is 42.2. The van der Waals surface area contributed by atoms with Crippen molar-refractivity contribution in [3.05, 3.63) is 151 Å². The van der Waals surface area contributed by atoms with Crippen molar-refractivity contribution in [2.24, 2.45) is 0 Å². The Kier molecular flexibility index (Phi) is 10.5. The second-order valence-corrected chi connectivity index (χ2v) is 18.1. The van der Waals surface area contributed by atoms with Crippen molar-refractivity contribution < 1.29 is 0 Å². The lowest BCUT2D eigenvalue weighted by Gasteiger charge is -2.22. The van der Waals surface area contributed by atoms with Gasteiger partial charge < -0.3 is 0 Å². The average Bonchev–Trinajstić information content (AvgIpc) is 3.26. The highest BCUT2D eigenvalue weighted by Crippen LogP contribution is 2.37. The number of hydrogen-bond donors (Lipinski definition) is 0. The maximum absolute atomic E-state index is 5.17. The molecule has 0 spiro atoms. The molecule has 0 bridgehead atoms. The lowest BCUT2D eigenvalue weighted by Crippen LogP contribution is -2.24. The van der Waals surface area contributed by atoms with Crippen LogP contribution in [0.3, 0.4) is 0 Å². The van der Waals surface area contributed by atoms with Crippen molar-refractivity contribution in [3.8, 4) is 79.5 Å². The summed E-state index contributed by atoms with van der Waals surface area (Å²) < 4.78 is 0. The molecule has 0 atom stereocenters. The fourth-order valence-corrected chi connectivity index (χ4v) is 6.61. The van der Waals surface area contributed by atoms with Crippen molar-refractivity contribution in [1.29, 1.82) is 0 Å². The highest BCUT2D eigenvalue weighted by Gasteiger charge is 2.26. The van der Waals surface area contributed by atoms with Crippen molar-refractivity contribution in [2.75, 3.05) is 0 Å². The Balaban J connectivity index is 1.30. The summed E-state index contributed by atoms with van der Waals surface area (Å²) >= 11 is 0. The first-order valence-corrected chi connectivity index (χ1v) is 20.3. The third-order valence-electron chi connectivity index (χ3n) is 9.97. The van der Waals surface area contributed by atoms with Gasteiger partial charge in [-0.2, -0.15) is 0 Å². The van der Waals surface area contributed by atoms with E-state index in [9.17, 15) is 0 Å². The fraction of sp³-hybridized carbons (Fsp3) is 0.235. The van der Waals surface area contributed by atoms with Crippen molar-refractivity contribution in [1.82, 2.24) is 44.9 Å². The molecule has 0 N–H and O–H groups in total. The van der Waals surface area contributed by atoms with Crippen LogP contribution in [0.2, 0.25) is 0 Å². The van der Waals surface area contributed by atoms with Crippen LogP contribution in [0.1, 0.15) is 79.8 Å². The zero-order valence-electron chi connectivity index (χ0n) is 35.7. The molecule has 0 unspecified atom stereocenters. The molecule has 5 aromatic carbocycles. The van der Waals surface area contributed by atoms with Crippen LogP contribution in [0.4, 0.5) is 0 Å². The first-order chi connectivity index (χ1) is 28.6. The minimum absolute atomic E-state index is 0.264. The van der Waals surface area contributed by atoms with E-state index in [1.165, 1.54) is 0 Å². The molecular formula is C51H49N9. The van der Waals surface area contributed by atoms with E-state index in [1.54, 1.807) is 0 Å². The summed E-state index contributed by atoms with van der Waals surface area (Å²) in [5, 5.41) is 0. The molecular weight excluding hydrogens is 739 g/mol. The normalized spacial score (nSPS) is 12.1. The maximum Gasteiger partial charge on any atom is 0.164 e. The predicted octanol–water partition coefficient (Wildman–Crippen LogP) is 11.8. The second-order valence-electron chi connectivity index (χ2n) is 18.1. The summed E-state index contributed by atoms with van der Waals surface area (Å²) in [5.41, 5.74) is 6.30. The fourth-order valence-electron chi connectivity index (χ4n) is 6.61. The van der Waals surface area contributed by atoms with E-state index in [4.69, 9.17) is 44.9 Å². The van der Waals surface area contributed by atoms with Crippen molar-refractivity contribution in [3.63, 3.8) is 0 Å². The Morgan fingerprint density at radius 3 is 1.05 bits per heavy atom. The first kappa shape index (κ1) is 39.9. The molecule has 0 aliphatic heterocycles. The van der Waals surface area contributed by atoms with Crippen LogP contribution in [0.25, 0.3) is 79.5 Å². The van der Waals surface area contributed by atoms with E-state index >= 15 is 0 Å². The van der Waals surface area contributed by atoms with Crippen molar-refractivity contribution >= 4 is 0 Å². The summed E-state index contributed by atoms with van der Waals surface area (Å²) in [6, 6.07) is 44.7. The Morgan fingerprint density at radius 1 is 0.250 bits per heavy atom. The van der Waals surface area contributed by atoms with Gasteiger partial charge in [-0.05, 0) is 29.3 Å². The van der Waals surface area contributed by atoms with E-state index in [0.717, 1.165) is 56.2 Å². The Bertz CT molecular complexity index is 2770. The SMILES string of the molecule is CC(C)(C)c1nc(-c2ccccc2)nc(-c2ccc(-c3nc(-c4ccccc4)nc(-c4cccc(-c5nc(C(C)(C)C)nc(C(C)(C)C)n5)c4)n3)cc2-c2ccccc2)n1. The van der Waals surface area contributed by atoms with Crippen LogP contribution >= 0.6 is 0 Å². The van der Waals surface area contributed by atoms with Crippen LogP contribution in [0.15, 0.2) is 133 Å². The molecule has 0 aliphatic carbocycles. The molecule has 0 saturated heterocycles. The molecule has 0 saturated carbocycles. The van der Waals surface area contributed by atoms with Gasteiger partial charge in [-0.15, -0.1) is 0 Å². The molecule has 8 aromatic rings. The largest absolute Gasteiger partial charge is 0.217 e. The quantitative estimate of drug-likeness (QED) is 0.156. The van der Waals surface area contributed by atoms with E-state index in [1.807, 2.05) is 103 Å². The molecule has 0 amide bonds. The summed E-state index contributed by atoms with van der Waals surface area (Å²) in [4.78, 5) is 45.3. The van der Waals surface area contributed by atoms with Gasteiger partial charge in [-0.3, -0.25) is 0 Å². The molecule has 0 fully saturated rings. The van der Waals surface area contributed by atoms with Gasteiger partial charge in [0, 0.05) is 49.6 Å². The van der Waals surface area contributed by atoms with Crippen LogP contribution in [-0.2, 0) is 16.2 Å². The Morgan fingerprint density at radius 2 is 0.583 bits per heavy atom.